The number of ether oxygens (including phenoxy) is 2. The van der Waals surface area contributed by atoms with E-state index in [-0.39, 0.29) is 36.1 Å². The Morgan fingerprint density at radius 1 is 1.18 bits per heavy atom. The van der Waals surface area contributed by atoms with E-state index in [2.05, 4.69) is 5.32 Å². The molecule has 1 heterocycles. The molecule has 0 saturated carbocycles. The summed E-state index contributed by atoms with van der Waals surface area (Å²) < 4.78 is 36.1. The van der Waals surface area contributed by atoms with Gasteiger partial charge in [0, 0.05) is 26.3 Å². The zero-order valence-corrected chi connectivity index (χ0v) is 19.3. The third-order valence-electron chi connectivity index (χ3n) is 4.91. The van der Waals surface area contributed by atoms with E-state index >= 15 is 0 Å². The Balaban J connectivity index is 1.56. The maximum atomic E-state index is 12.4. The lowest BCUT2D eigenvalue weighted by atomic mass is 10.2. The number of para-hydroxylation sites is 2. The minimum Gasteiger partial charge on any atom is -0.482 e. The fraction of sp³-hybridized carbons (Fsp3) is 0.318. The number of fused-ring (bicyclic) bond motifs is 1. The van der Waals surface area contributed by atoms with Gasteiger partial charge in [0.1, 0.15) is 5.75 Å². The molecular weight excluding hydrogens is 450 g/mol. The van der Waals surface area contributed by atoms with E-state index in [1.165, 1.54) is 50.2 Å². The lowest BCUT2D eigenvalue weighted by Crippen LogP contribution is -2.40. The number of nitrogens with zero attached hydrogens (tertiary/aromatic N) is 2. The average Bonchev–Trinajstić information content (AvgIpc) is 2.78. The molecule has 0 saturated heterocycles. The smallest absolute Gasteiger partial charge is 0.308 e. The molecule has 0 radical (unpaired) electrons. The number of esters is 1. The molecule has 2 aromatic carbocycles. The Morgan fingerprint density at radius 3 is 2.64 bits per heavy atom. The van der Waals surface area contributed by atoms with E-state index in [1.807, 2.05) is 0 Å². The molecule has 2 aromatic rings. The summed E-state index contributed by atoms with van der Waals surface area (Å²) in [4.78, 5) is 38.4. The maximum absolute atomic E-state index is 12.4. The number of benzene rings is 2. The summed E-state index contributed by atoms with van der Waals surface area (Å²) in [7, 11) is -0.847. The van der Waals surface area contributed by atoms with Gasteiger partial charge in [-0.15, -0.1) is 0 Å². The minimum atomic E-state index is -3.66. The van der Waals surface area contributed by atoms with Crippen molar-refractivity contribution in [1.29, 1.82) is 0 Å². The maximum Gasteiger partial charge on any atom is 0.308 e. The Hall–Kier alpha value is -3.44. The van der Waals surface area contributed by atoms with Crippen LogP contribution in [0.3, 0.4) is 0 Å². The molecule has 1 N–H and O–H groups in total. The van der Waals surface area contributed by atoms with Crippen LogP contribution in [0.1, 0.15) is 13.3 Å². The fourth-order valence-corrected chi connectivity index (χ4v) is 4.05. The first-order valence-corrected chi connectivity index (χ1v) is 11.6. The molecule has 0 aliphatic carbocycles. The first-order valence-electron chi connectivity index (χ1n) is 10.1. The molecule has 1 aliphatic heterocycles. The van der Waals surface area contributed by atoms with E-state index in [0.717, 1.165) is 4.31 Å². The van der Waals surface area contributed by atoms with Gasteiger partial charge in [0.15, 0.2) is 12.7 Å². The second-order valence-corrected chi connectivity index (χ2v) is 9.64. The summed E-state index contributed by atoms with van der Waals surface area (Å²) in [6.45, 7) is 1.37. The zero-order chi connectivity index (χ0) is 24.2. The number of hydrogen-bond acceptors (Lipinski definition) is 7. The number of anilines is 2. The predicted molar refractivity (Wildman–Crippen MR) is 120 cm³/mol. The molecule has 1 atom stereocenters. The van der Waals surface area contributed by atoms with Gasteiger partial charge in [-0.3, -0.25) is 14.4 Å². The van der Waals surface area contributed by atoms with Crippen LogP contribution in [0, 0.1) is 0 Å². The normalized spacial score (nSPS) is 14.3. The van der Waals surface area contributed by atoms with Crippen LogP contribution < -0.4 is 15.0 Å². The lowest BCUT2D eigenvalue weighted by Gasteiger charge is -2.29. The molecule has 0 bridgehead atoms. The van der Waals surface area contributed by atoms with E-state index in [0.29, 0.717) is 11.4 Å². The monoisotopic (exact) mass is 475 g/mol. The summed E-state index contributed by atoms with van der Waals surface area (Å²) in [5, 5.41) is 2.54. The number of nitrogens with one attached hydrogen (secondary N) is 1. The highest BCUT2D eigenvalue weighted by atomic mass is 32.2. The van der Waals surface area contributed by atoms with Crippen LogP contribution in [0.2, 0.25) is 0 Å². The molecule has 33 heavy (non-hydrogen) atoms. The lowest BCUT2D eigenvalue weighted by molar-refractivity contribution is -0.153. The van der Waals surface area contributed by atoms with Gasteiger partial charge in [-0.1, -0.05) is 18.2 Å². The molecule has 3 rings (SSSR count). The van der Waals surface area contributed by atoms with Crippen LogP contribution >= 0.6 is 0 Å². The molecule has 0 unspecified atom stereocenters. The Labute approximate surface area is 192 Å². The molecular formula is C22H25N3O7S. The summed E-state index contributed by atoms with van der Waals surface area (Å²) in [6.07, 6.45) is -1.24. The van der Waals surface area contributed by atoms with E-state index in [9.17, 15) is 22.8 Å². The van der Waals surface area contributed by atoms with Crippen molar-refractivity contribution in [2.75, 3.05) is 37.5 Å². The second-order valence-electron chi connectivity index (χ2n) is 7.49. The Bertz CT molecular complexity index is 1160. The number of amides is 2. The number of rotatable bonds is 8. The first-order chi connectivity index (χ1) is 15.6. The highest BCUT2D eigenvalue weighted by Gasteiger charge is 2.26. The topological polar surface area (TPSA) is 122 Å². The molecule has 0 fully saturated rings. The van der Waals surface area contributed by atoms with Gasteiger partial charge in [-0.05, 0) is 37.3 Å². The second kappa shape index (κ2) is 10.0. The van der Waals surface area contributed by atoms with Crippen LogP contribution in [0.15, 0.2) is 53.4 Å². The molecule has 2 amide bonds. The number of carbonyl (C=O) groups excluding carboxylic acids is 3. The van der Waals surface area contributed by atoms with Crippen molar-refractivity contribution in [1.82, 2.24) is 4.31 Å². The van der Waals surface area contributed by atoms with Gasteiger partial charge < -0.3 is 19.7 Å². The fourth-order valence-electron chi connectivity index (χ4n) is 3.10. The molecule has 176 valence electrons. The van der Waals surface area contributed by atoms with Crippen molar-refractivity contribution in [3.63, 3.8) is 0 Å². The van der Waals surface area contributed by atoms with Gasteiger partial charge in [0.2, 0.25) is 10.0 Å². The summed E-state index contributed by atoms with van der Waals surface area (Å²) >= 11 is 0. The third-order valence-corrected chi connectivity index (χ3v) is 6.72. The van der Waals surface area contributed by atoms with Gasteiger partial charge in [-0.25, -0.2) is 12.7 Å². The van der Waals surface area contributed by atoms with Crippen molar-refractivity contribution in [3.05, 3.63) is 48.5 Å². The SMILES string of the molecule is C[C@@H](OC(=O)CCN1C(=O)COc2ccccc21)C(=O)Nc1cccc(S(=O)(=O)N(C)C)c1. The Kier molecular flexibility index (Phi) is 7.34. The largest absolute Gasteiger partial charge is 0.482 e. The molecule has 10 nitrogen and oxygen atoms in total. The van der Waals surface area contributed by atoms with Gasteiger partial charge in [0.25, 0.3) is 11.8 Å². The molecule has 0 spiro atoms. The van der Waals surface area contributed by atoms with Crippen molar-refractivity contribution >= 4 is 39.2 Å². The highest BCUT2D eigenvalue weighted by Crippen LogP contribution is 2.31. The van der Waals surface area contributed by atoms with Crippen LogP contribution in [0.5, 0.6) is 5.75 Å². The van der Waals surface area contributed by atoms with E-state index in [1.54, 1.807) is 24.3 Å². The van der Waals surface area contributed by atoms with Crippen LogP contribution in [-0.2, 0) is 29.1 Å². The van der Waals surface area contributed by atoms with Crippen molar-refractivity contribution in [3.8, 4) is 5.75 Å². The standard InChI is InChI=1S/C22H25N3O7S/c1-15(22(28)23-16-7-6-8-17(13-16)33(29,30)24(2)3)32-21(27)11-12-25-18-9-4-5-10-19(18)31-14-20(25)26/h4-10,13,15H,11-12,14H2,1-3H3,(H,23,28)/t15-/m1/s1. The average molecular weight is 476 g/mol. The van der Waals surface area contributed by atoms with Crippen molar-refractivity contribution in [2.24, 2.45) is 0 Å². The van der Waals surface area contributed by atoms with Crippen molar-refractivity contribution < 1.29 is 32.3 Å². The summed E-state index contributed by atoms with van der Waals surface area (Å²) in [5.74, 6) is -0.995. The summed E-state index contributed by atoms with van der Waals surface area (Å²) in [6, 6.07) is 12.8. The first kappa shape index (κ1) is 24.2. The third kappa shape index (κ3) is 5.68. The zero-order valence-electron chi connectivity index (χ0n) is 18.5. The highest BCUT2D eigenvalue weighted by molar-refractivity contribution is 7.89. The molecule has 1 aliphatic rings. The van der Waals surface area contributed by atoms with Crippen LogP contribution in [0.4, 0.5) is 11.4 Å². The van der Waals surface area contributed by atoms with Gasteiger partial charge >= 0.3 is 5.97 Å². The van der Waals surface area contributed by atoms with Gasteiger partial charge in [-0.2, -0.15) is 0 Å². The summed E-state index contributed by atoms with van der Waals surface area (Å²) in [5.41, 5.74) is 0.821. The quantitative estimate of drug-likeness (QED) is 0.576. The molecule has 11 heteroatoms. The number of hydrogen-bond donors (Lipinski definition) is 1. The number of sulfonamides is 1. The van der Waals surface area contributed by atoms with Gasteiger partial charge in [0.05, 0.1) is 17.0 Å². The number of carbonyl (C=O) groups is 3. The van der Waals surface area contributed by atoms with Crippen molar-refractivity contribution in [2.45, 2.75) is 24.3 Å². The molecule has 0 aromatic heterocycles. The predicted octanol–water partition coefficient (Wildman–Crippen LogP) is 1.62. The Morgan fingerprint density at radius 2 is 1.91 bits per heavy atom. The minimum absolute atomic E-state index is 0.0189. The van der Waals surface area contributed by atoms with E-state index in [4.69, 9.17) is 9.47 Å². The van der Waals surface area contributed by atoms with Crippen LogP contribution in [0.25, 0.3) is 0 Å². The van der Waals surface area contributed by atoms with Crippen LogP contribution in [-0.4, -0.2) is 63.9 Å². The van der Waals surface area contributed by atoms with E-state index < -0.39 is 28.0 Å².